The van der Waals surface area contributed by atoms with E-state index >= 15 is 0 Å². The fraction of sp³-hybridized carbons (Fsp3) is 0.0870. The molecule has 3 aromatic heterocycles. The van der Waals surface area contributed by atoms with Gasteiger partial charge < -0.3 is 19.4 Å². The first-order valence-corrected chi connectivity index (χ1v) is 10.2. The lowest BCUT2D eigenvalue weighted by molar-refractivity contribution is -0.274. The van der Waals surface area contributed by atoms with Crippen molar-refractivity contribution < 1.29 is 27.1 Å². The van der Waals surface area contributed by atoms with Gasteiger partial charge in [0, 0.05) is 25.5 Å². The number of ether oxygens (including phenoxy) is 1. The average molecular weight is 484 g/mol. The van der Waals surface area contributed by atoms with E-state index < -0.39 is 18.1 Å². The topological polar surface area (TPSA) is 96.3 Å². The molecule has 178 valence electrons. The number of benzene rings is 2. The Morgan fingerprint density at radius 1 is 1.06 bits per heavy atom. The van der Waals surface area contributed by atoms with Gasteiger partial charge in [-0.1, -0.05) is 18.2 Å². The van der Waals surface area contributed by atoms with Crippen LogP contribution in [0.5, 0.6) is 5.75 Å². The standard InChI is InChI=1S/C23H16F4N6O2/c1-28-18-9-14(24)10-33-11-19(29-20(18)33)21(34)32-22-30-16-6-5-13(8-17(16)31-22)12-3-2-4-15(7-12)35-23(25,26)27/h2-11,28H,1H3,(H2,30,31,32,34). The molecule has 0 saturated heterocycles. The fourth-order valence-corrected chi connectivity index (χ4v) is 3.65. The van der Waals surface area contributed by atoms with Crippen molar-refractivity contribution >= 4 is 34.2 Å². The molecule has 5 aromatic rings. The average Bonchev–Trinajstić information content (AvgIpc) is 3.40. The van der Waals surface area contributed by atoms with Gasteiger partial charge in [-0.2, -0.15) is 0 Å². The number of alkyl halides is 3. The van der Waals surface area contributed by atoms with E-state index in [0.29, 0.717) is 33.5 Å². The summed E-state index contributed by atoms with van der Waals surface area (Å²) < 4.78 is 56.7. The summed E-state index contributed by atoms with van der Waals surface area (Å²) in [4.78, 5) is 24.3. The van der Waals surface area contributed by atoms with E-state index in [4.69, 9.17) is 0 Å². The Bertz CT molecular complexity index is 1570. The smallest absolute Gasteiger partial charge is 0.406 e. The van der Waals surface area contributed by atoms with Gasteiger partial charge in [0.15, 0.2) is 5.65 Å². The third-order valence-electron chi connectivity index (χ3n) is 5.14. The van der Waals surface area contributed by atoms with Crippen molar-refractivity contribution in [3.63, 3.8) is 0 Å². The second-order valence-corrected chi connectivity index (χ2v) is 7.53. The van der Waals surface area contributed by atoms with E-state index in [1.54, 1.807) is 31.3 Å². The van der Waals surface area contributed by atoms with Crippen molar-refractivity contribution in [2.24, 2.45) is 0 Å². The number of amides is 1. The minimum Gasteiger partial charge on any atom is -0.406 e. The van der Waals surface area contributed by atoms with E-state index in [1.165, 1.54) is 41.1 Å². The van der Waals surface area contributed by atoms with Crippen LogP contribution in [-0.4, -0.2) is 38.7 Å². The van der Waals surface area contributed by atoms with Crippen molar-refractivity contribution in [3.8, 4) is 16.9 Å². The lowest BCUT2D eigenvalue weighted by Crippen LogP contribution is -2.17. The summed E-state index contributed by atoms with van der Waals surface area (Å²) in [5, 5.41) is 5.44. The Kier molecular flexibility index (Phi) is 5.27. The van der Waals surface area contributed by atoms with E-state index in [1.807, 2.05) is 0 Å². The molecule has 0 fully saturated rings. The lowest BCUT2D eigenvalue weighted by Gasteiger charge is -2.10. The number of hydrogen-bond acceptors (Lipinski definition) is 5. The van der Waals surface area contributed by atoms with E-state index in [0.717, 1.165) is 0 Å². The SMILES string of the molecule is CNc1cc(F)cn2cc(C(=O)Nc3nc4cc(-c5cccc(OC(F)(F)F)c5)ccc4[nH]3)nc12. The number of aromatic nitrogens is 4. The molecule has 3 N–H and O–H groups in total. The largest absolute Gasteiger partial charge is 0.573 e. The van der Waals surface area contributed by atoms with E-state index in [-0.39, 0.29) is 17.4 Å². The molecule has 0 aliphatic heterocycles. The number of hydrogen-bond donors (Lipinski definition) is 3. The summed E-state index contributed by atoms with van der Waals surface area (Å²) in [6.45, 7) is 0. The maximum atomic E-state index is 13.7. The van der Waals surface area contributed by atoms with Crippen LogP contribution in [0.25, 0.3) is 27.8 Å². The summed E-state index contributed by atoms with van der Waals surface area (Å²) in [7, 11) is 1.62. The van der Waals surface area contributed by atoms with E-state index in [2.05, 4.69) is 30.3 Å². The molecule has 0 atom stereocenters. The number of nitrogens with one attached hydrogen (secondary N) is 3. The molecule has 8 nitrogen and oxygen atoms in total. The second kappa shape index (κ2) is 8.31. The van der Waals surface area contributed by atoms with Gasteiger partial charge in [0.05, 0.1) is 16.7 Å². The molecule has 0 unspecified atom stereocenters. The molecule has 0 spiro atoms. The molecule has 2 aromatic carbocycles. The molecule has 5 rings (SSSR count). The van der Waals surface area contributed by atoms with Crippen molar-refractivity contribution in [2.45, 2.75) is 6.36 Å². The first-order chi connectivity index (χ1) is 16.7. The minimum absolute atomic E-state index is 0.0507. The number of rotatable bonds is 5. The second-order valence-electron chi connectivity index (χ2n) is 7.53. The zero-order chi connectivity index (χ0) is 24.7. The summed E-state index contributed by atoms with van der Waals surface area (Å²) in [6.07, 6.45) is -2.19. The van der Waals surface area contributed by atoms with Crippen molar-refractivity contribution in [2.75, 3.05) is 17.7 Å². The molecule has 12 heteroatoms. The van der Waals surface area contributed by atoms with Crippen molar-refractivity contribution in [1.29, 1.82) is 0 Å². The first-order valence-electron chi connectivity index (χ1n) is 10.2. The predicted molar refractivity (Wildman–Crippen MR) is 121 cm³/mol. The highest BCUT2D eigenvalue weighted by Gasteiger charge is 2.31. The van der Waals surface area contributed by atoms with Crippen LogP contribution in [-0.2, 0) is 0 Å². The number of imidazole rings is 2. The van der Waals surface area contributed by atoms with Crippen LogP contribution >= 0.6 is 0 Å². The predicted octanol–water partition coefficient (Wildman–Crippen LogP) is 5.21. The van der Waals surface area contributed by atoms with Gasteiger partial charge in [0.1, 0.15) is 17.3 Å². The Hall–Kier alpha value is -4.61. The Morgan fingerprint density at radius 3 is 2.63 bits per heavy atom. The number of anilines is 2. The summed E-state index contributed by atoms with van der Waals surface area (Å²) in [5.41, 5.74) is 3.04. The third kappa shape index (κ3) is 4.58. The van der Waals surface area contributed by atoms with Gasteiger partial charge in [-0.3, -0.25) is 10.1 Å². The van der Waals surface area contributed by atoms with Gasteiger partial charge in [-0.15, -0.1) is 13.2 Å². The minimum atomic E-state index is -4.79. The number of nitrogens with zero attached hydrogens (tertiary/aromatic N) is 3. The molecule has 1 amide bonds. The highest BCUT2D eigenvalue weighted by Crippen LogP contribution is 2.30. The highest BCUT2D eigenvalue weighted by molar-refractivity contribution is 6.03. The van der Waals surface area contributed by atoms with Gasteiger partial charge in [-0.25, -0.2) is 14.4 Å². The molecular weight excluding hydrogens is 468 g/mol. The Labute approximate surface area is 194 Å². The Morgan fingerprint density at radius 2 is 1.86 bits per heavy atom. The molecule has 0 aliphatic carbocycles. The molecule has 0 bridgehead atoms. The molecule has 35 heavy (non-hydrogen) atoms. The van der Waals surface area contributed by atoms with Crippen LogP contribution in [0.15, 0.2) is 60.9 Å². The van der Waals surface area contributed by atoms with Crippen molar-refractivity contribution in [3.05, 3.63) is 72.4 Å². The number of H-pyrrole nitrogens is 1. The Balaban J connectivity index is 1.40. The van der Waals surface area contributed by atoms with Crippen LogP contribution < -0.4 is 15.4 Å². The third-order valence-corrected chi connectivity index (χ3v) is 5.14. The number of halogens is 4. The van der Waals surface area contributed by atoms with Crippen LogP contribution in [0.1, 0.15) is 10.5 Å². The van der Waals surface area contributed by atoms with Crippen LogP contribution in [0.4, 0.5) is 29.2 Å². The normalized spacial score (nSPS) is 11.7. The maximum Gasteiger partial charge on any atom is 0.573 e. The highest BCUT2D eigenvalue weighted by atomic mass is 19.4. The van der Waals surface area contributed by atoms with Gasteiger partial charge in [0.2, 0.25) is 5.95 Å². The van der Waals surface area contributed by atoms with Gasteiger partial charge >= 0.3 is 6.36 Å². The van der Waals surface area contributed by atoms with Gasteiger partial charge in [0.25, 0.3) is 5.91 Å². The number of pyridine rings is 1. The fourth-order valence-electron chi connectivity index (χ4n) is 3.65. The van der Waals surface area contributed by atoms with Crippen molar-refractivity contribution in [1.82, 2.24) is 19.4 Å². The van der Waals surface area contributed by atoms with Crippen LogP contribution in [0.2, 0.25) is 0 Å². The lowest BCUT2D eigenvalue weighted by atomic mass is 10.0. The zero-order valence-electron chi connectivity index (χ0n) is 17.9. The van der Waals surface area contributed by atoms with E-state index in [9.17, 15) is 22.4 Å². The molecule has 0 aliphatic rings. The van der Waals surface area contributed by atoms with Gasteiger partial charge in [-0.05, 0) is 35.4 Å². The number of carbonyl (C=O) groups is 1. The maximum absolute atomic E-state index is 13.7. The molecular formula is C23H16F4N6O2. The quantitative estimate of drug-likeness (QED) is 0.298. The number of carbonyl (C=O) groups excluding carboxylic acids is 1. The molecule has 3 heterocycles. The number of aromatic amines is 1. The van der Waals surface area contributed by atoms with Crippen LogP contribution in [0, 0.1) is 5.82 Å². The zero-order valence-corrected chi connectivity index (χ0v) is 17.9. The first kappa shape index (κ1) is 22.2. The molecule has 0 saturated carbocycles. The monoisotopic (exact) mass is 484 g/mol. The number of fused-ring (bicyclic) bond motifs is 2. The molecule has 0 radical (unpaired) electrons. The summed E-state index contributed by atoms with van der Waals surface area (Å²) in [6, 6.07) is 11.9. The summed E-state index contributed by atoms with van der Waals surface area (Å²) in [5.74, 6) is -1.24. The summed E-state index contributed by atoms with van der Waals surface area (Å²) >= 11 is 0. The van der Waals surface area contributed by atoms with Crippen LogP contribution in [0.3, 0.4) is 0 Å².